The molecule has 1 atom stereocenters. The maximum atomic E-state index is 8.95. The SMILES string of the molecule is NCC1c2ccsc2CCN1CCO. The average Bonchev–Trinajstić information content (AvgIpc) is 2.66. The molecule has 0 bridgehead atoms. The molecule has 1 aliphatic rings. The molecule has 4 heteroatoms. The van der Waals surface area contributed by atoms with Crippen molar-refractivity contribution in [2.75, 3.05) is 26.2 Å². The summed E-state index contributed by atoms with van der Waals surface area (Å²) in [6.45, 7) is 2.62. The number of aliphatic hydroxyl groups excluding tert-OH is 1. The topological polar surface area (TPSA) is 49.5 Å². The van der Waals surface area contributed by atoms with Crippen molar-refractivity contribution in [3.05, 3.63) is 21.9 Å². The van der Waals surface area contributed by atoms with Gasteiger partial charge in [-0.2, -0.15) is 0 Å². The molecule has 1 aromatic rings. The minimum Gasteiger partial charge on any atom is -0.395 e. The van der Waals surface area contributed by atoms with E-state index in [4.69, 9.17) is 10.8 Å². The van der Waals surface area contributed by atoms with Crippen LogP contribution in [0.4, 0.5) is 0 Å². The molecule has 0 amide bonds. The van der Waals surface area contributed by atoms with Crippen molar-refractivity contribution >= 4 is 11.3 Å². The van der Waals surface area contributed by atoms with Gasteiger partial charge in [0, 0.05) is 30.6 Å². The zero-order valence-electron chi connectivity index (χ0n) is 8.15. The molecule has 0 fully saturated rings. The first-order chi connectivity index (χ1) is 6.86. The largest absolute Gasteiger partial charge is 0.395 e. The molecule has 2 rings (SSSR count). The van der Waals surface area contributed by atoms with E-state index in [1.54, 1.807) is 0 Å². The minimum atomic E-state index is 0.218. The lowest BCUT2D eigenvalue weighted by atomic mass is 10.0. The Balaban J connectivity index is 2.20. The summed E-state index contributed by atoms with van der Waals surface area (Å²) >= 11 is 1.82. The Kier molecular flexibility index (Phi) is 3.18. The Morgan fingerprint density at radius 1 is 1.64 bits per heavy atom. The first kappa shape index (κ1) is 10.1. The minimum absolute atomic E-state index is 0.218. The molecule has 0 spiro atoms. The van der Waals surface area contributed by atoms with Crippen LogP contribution in [0.1, 0.15) is 16.5 Å². The smallest absolute Gasteiger partial charge is 0.0558 e. The van der Waals surface area contributed by atoms with Crippen molar-refractivity contribution in [3.8, 4) is 0 Å². The number of rotatable bonds is 3. The van der Waals surface area contributed by atoms with Crippen molar-refractivity contribution in [2.45, 2.75) is 12.5 Å². The lowest BCUT2D eigenvalue weighted by Gasteiger charge is -2.34. The van der Waals surface area contributed by atoms with Crippen LogP contribution in [0.3, 0.4) is 0 Å². The molecule has 0 saturated heterocycles. The fraction of sp³-hybridized carbons (Fsp3) is 0.600. The molecule has 0 radical (unpaired) electrons. The summed E-state index contributed by atoms with van der Waals surface area (Å²) in [5.74, 6) is 0. The summed E-state index contributed by atoms with van der Waals surface area (Å²) in [5, 5.41) is 11.1. The quantitative estimate of drug-likeness (QED) is 0.771. The summed E-state index contributed by atoms with van der Waals surface area (Å²) in [6.07, 6.45) is 1.10. The number of nitrogens with two attached hydrogens (primary N) is 1. The van der Waals surface area contributed by atoms with E-state index in [9.17, 15) is 0 Å². The predicted octanol–water partition coefficient (Wildman–Crippen LogP) is 0.598. The summed E-state index contributed by atoms with van der Waals surface area (Å²) in [5.41, 5.74) is 7.15. The van der Waals surface area contributed by atoms with Crippen molar-refractivity contribution < 1.29 is 5.11 Å². The predicted molar refractivity (Wildman–Crippen MR) is 58.5 cm³/mol. The van der Waals surface area contributed by atoms with E-state index >= 15 is 0 Å². The van der Waals surface area contributed by atoms with Gasteiger partial charge in [-0.25, -0.2) is 0 Å². The molecule has 1 aliphatic heterocycles. The Bertz CT molecular complexity index is 300. The van der Waals surface area contributed by atoms with Crippen LogP contribution in [0.2, 0.25) is 0 Å². The number of nitrogens with zero attached hydrogens (tertiary/aromatic N) is 1. The second-order valence-corrected chi connectivity index (χ2v) is 4.56. The fourth-order valence-corrected chi connectivity index (χ4v) is 3.05. The molecular weight excluding hydrogens is 196 g/mol. The van der Waals surface area contributed by atoms with Crippen LogP contribution in [-0.4, -0.2) is 36.2 Å². The highest BCUT2D eigenvalue weighted by Gasteiger charge is 2.26. The summed E-state index contributed by atoms with van der Waals surface area (Å²) < 4.78 is 0. The summed E-state index contributed by atoms with van der Waals surface area (Å²) in [6, 6.07) is 2.48. The molecule has 78 valence electrons. The Hall–Kier alpha value is -0.420. The highest BCUT2D eigenvalue weighted by molar-refractivity contribution is 7.10. The van der Waals surface area contributed by atoms with E-state index in [0.29, 0.717) is 12.6 Å². The standard InChI is InChI=1S/C10H16N2OS/c11-7-9-8-2-6-14-10(8)1-3-12(9)4-5-13/h2,6,9,13H,1,3-5,7,11H2. The maximum Gasteiger partial charge on any atom is 0.0558 e. The second kappa shape index (κ2) is 4.40. The van der Waals surface area contributed by atoms with Crippen LogP contribution in [0.15, 0.2) is 11.4 Å². The van der Waals surface area contributed by atoms with Gasteiger partial charge >= 0.3 is 0 Å². The van der Waals surface area contributed by atoms with Crippen LogP contribution in [0.25, 0.3) is 0 Å². The molecular formula is C10H16N2OS. The number of thiophene rings is 1. The van der Waals surface area contributed by atoms with E-state index in [0.717, 1.165) is 19.5 Å². The number of hydrogen-bond donors (Lipinski definition) is 2. The van der Waals surface area contributed by atoms with E-state index in [-0.39, 0.29) is 6.61 Å². The zero-order valence-corrected chi connectivity index (χ0v) is 8.96. The first-order valence-corrected chi connectivity index (χ1v) is 5.86. The van der Waals surface area contributed by atoms with Crippen LogP contribution < -0.4 is 5.73 Å². The molecule has 3 nitrogen and oxygen atoms in total. The summed E-state index contributed by atoms with van der Waals surface area (Å²) in [4.78, 5) is 3.74. The Labute approximate surface area is 88.1 Å². The van der Waals surface area contributed by atoms with Gasteiger partial charge in [0.25, 0.3) is 0 Å². The van der Waals surface area contributed by atoms with Gasteiger partial charge in [-0.15, -0.1) is 11.3 Å². The molecule has 0 saturated carbocycles. The van der Waals surface area contributed by atoms with Crippen LogP contribution in [-0.2, 0) is 6.42 Å². The first-order valence-electron chi connectivity index (χ1n) is 4.98. The molecule has 14 heavy (non-hydrogen) atoms. The van der Waals surface area contributed by atoms with E-state index in [1.165, 1.54) is 10.4 Å². The third-order valence-corrected chi connectivity index (χ3v) is 3.81. The number of aliphatic hydroxyl groups is 1. The number of β-amino-alcohol motifs (C(OH)–C–C–N with tert-alkyl or cyclic N) is 1. The molecule has 1 unspecified atom stereocenters. The third-order valence-electron chi connectivity index (χ3n) is 2.82. The molecule has 3 N–H and O–H groups in total. The average molecular weight is 212 g/mol. The van der Waals surface area contributed by atoms with Gasteiger partial charge in [0.15, 0.2) is 0 Å². The number of hydrogen-bond acceptors (Lipinski definition) is 4. The van der Waals surface area contributed by atoms with Gasteiger partial charge in [0.1, 0.15) is 0 Å². The molecule has 1 aromatic heterocycles. The maximum absolute atomic E-state index is 8.95. The fourth-order valence-electron chi connectivity index (χ4n) is 2.12. The van der Waals surface area contributed by atoms with Crippen molar-refractivity contribution in [1.29, 1.82) is 0 Å². The Morgan fingerprint density at radius 3 is 3.21 bits per heavy atom. The van der Waals surface area contributed by atoms with Gasteiger partial charge in [-0.3, -0.25) is 4.90 Å². The van der Waals surface area contributed by atoms with Gasteiger partial charge in [-0.05, 0) is 23.4 Å². The van der Waals surface area contributed by atoms with Crippen LogP contribution >= 0.6 is 11.3 Å². The van der Waals surface area contributed by atoms with E-state index in [1.807, 2.05) is 11.3 Å². The highest BCUT2D eigenvalue weighted by Crippen LogP contribution is 2.31. The van der Waals surface area contributed by atoms with Crippen LogP contribution in [0.5, 0.6) is 0 Å². The Morgan fingerprint density at radius 2 is 2.50 bits per heavy atom. The van der Waals surface area contributed by atoms with Gasteiger partial charge in [-0.1, -0.05) is 0 Å². The second-order valence-electron chi connectivity index (χ2n) is 3.56. The van der Waals surface area contributed by atoms with Gasteiger partial charge in [0.05, 0.1) is 6.61 Å². The lowest BCUT2D eigenvalue weighted by molar-refractivity contribution is 0.146. The van der Waals surface area contributed by atoms with E-state index in [2.05, 4.69) is 16.3 Å². The molecule has 0 aliphatic carbocycles. The monoisotopic (exact) mass is 212 g/mol. The lowest BCUT2D eigenvalue weighted by Crippen LogP contribution is -2.40. The third kappa shape index (κ3) is 1.70. The van der Waals surface area contributed by atoms with E-state index < -0.39 is 0 Å². The van der Waals surface area contributed by atoms with Gasteiger partial charge < -0.3 is 10.8 Å². The van der Waals surface area contributed by atoms with Crippen molar-refractivity contribution in [2.24, 2.45) is 5.73 Å². The van der Waals surface area contributed by atoms with Crippen molar-refractivity contribution in [3.63, 3.8) is 0 Å². The molecule has 0 aromatic carbocycles. The normalized spacial score (nSPS) is 22.3. The summed E-state index contributed by atoms with van der Waals surface area (Å²) in [7, 11) is 0. The van der Waals surface area contributed by atoms with Gasteiger partial charge in [0.2, 0.25) is 0 Å². The molecule has 2 heterocycles. The number of fused-ring (bicyclic) bond motifs is 1. The zero-order chi connectivity index (χ0) is 9.97. The van der Waals surface area contributed by atoms with Crippen molar-refractivity contribution in [1.82, 2.24) is 4.90 Å². The van der Waals surface area contributed by atoms with Crippen LogP contribution in [0, 0.1) is 0 Å². The highest BCUT2D eigenvalue weighted by atomic mass is 32.1.